The highest BCUT2D eigenvalue weighted by atomic mass is 35.5. The first-order chi connectivity index (χ1) is 16.5. The summed E-state index contributed by atoms with van der Waals surface area (Å²) in [4.78, 5) is 15.0. The highest BCUT2D eigenvalue weighted by Gasteiger charge is 2.34. The molecule has 3 nitrogen and oxygen atoms in total. The lowest BCUT2D eigenvalue weighted by Gasteiger charge is -2.16. The topological polar surface area (TPSA) is 29.5 Å². The van der Waals surface area contributed by atoms with Gasteiger partial charge in [-0.3, -0.25) is 9.69 Å². The zero-order valence-corrected chi connectivity index (χ0v) is 20.8. The van der Waals surface area contributed by atoms with Gasteiger partial charge in [0.05, 0.1) is 15.6 Å². The fourth-order valence-corrected chi connectivity index (χ4v) is 5.42. The first-order valence-corrected chi connectivity index (χ1v) is 12.4. The minimum absolute atomic E-state index is 0.212. The van der Waals surface area contributed by atoms with Crippen LogP contribution in [-0.4, -0.2) is 10.2 Å². The van der Waals surface area contributed by atoms with Gasteiger partial charge in [0, 0.05) is 5.02 Å². The van der Waals surface area contributed by atoms with Gasteiger partial charge in [-0.1, -0.05) is 95.7 Å². The van der Waals surface area contributed by atoms with E-state index in [9.17, 15) is 4.79 Å². The summed E-state index contributed by atoms with van der Waals surface area (Å²) < 4.78 is 6.38. The van der Waals surface area contributed by atoms with Crippen molar-refractivity contribution < 1.29 is 9.53 Å². The zero-order chi connectivity index (χ0) is 23.7. The molecule has 34 heavy (non-hydrogen) atoms. The van der Waals surface area contributed by atoms with Crippen molar-refractivity contribution in [1.29, 1.82) is 0 Å². The molecule has 1 fully saturated rings. The highest BCUT2D eigenvalue weighted by molar-refractivity contribution is 8.27. The first-order valence-electron chi connectivity index (χ1n) is 10.4. The molecule has 0 radical (unpaired) electrons. The number of carbonyl (C=O) groups excluding carboxylic acids is 1. The van der Waals surface area contributed by atoms with Gasteiger partial charge in [0.25, 0.3) is 5.91 Å². The van der Waals surface area contributed by atoms with Crippen molar-refractivity contribution in [3.63, 3.8) is 0 Å². The molecule has 168 valence electrons. The largest absolute Gasteiger partial charge is 0.489 e. The number of benzene rings is 4. The fourth-order valence-electron chi connectivity index (χ4n) is 3.64. The molecule has 1 aliphatic heterocycles. The Kier molecular flexibility index (Phi) is 6.61. The zero-order valence-electron chi connectivity index (χ0n) is 17.7. The van der Waals surface area contributed by atoms with E-state index in [4.69, 9.17) is 40.2 Å². The van der Waals surface area contributed by atoms with E-state index in [-0.39, 0.29) is 5.91 Å². The minimum atomic E-state index is -0.212. The number of fused-ring (bicyclic) bond motifs is 1. The van der Waals surface area contributed by atoms with E-state index >= 15 is 0 Å². The van der Waals surface area contributed by atoms with Crippen LogP contribution in [0.15, 0.2) is 89.8 Å². The summed E-state index contributed by atoms with van der Waals surface area (Å²) in [5, 5.41) is 3.27. The molecule has 0 atom stereocenters. The lowest BCUT2D eigenvalue weighted by atomic mass is 10.1. The van der Waals surface area contributed by atoms with Gasteiger partial charge in [-0.05, 0) is 64.4 Å². The molecule has 5 rings (SSSR count). The summed E-state index contributed by atoms with van der Waals surface area (Å²) in [5.74, 6) is 0.543. The molecule has 0 aliphatic carbocycles. The third kappa shape index (κ3) is 4.84. The van der Waals surface area contributed by atoms with Crippen molar-refractivity contribution >= 4 is 79.9 Å². The van der Waals surface area contributed by atoms with Crippen LogP contribution in [-0.2, 0) is 11.4 Å². The number of thioether (sulfide) groups is 1. The average Bonchev–Trinajstić information content (AvgIpc) is 3.11. The molecule has 1 aliphatic rings. The lowest BCUT2D eigenvalue weighted by Crippen LogP contribution is -2.27. The predicted octanol–water partition coefficient (Wildman–Crippen LogP) is 8.13. The maximum absolute atomic E-state index is 13.0. The van der Waals surface area contributed by atoms with Crippen molar-refractivity contribution in [3.8, 4) is 5.75 Å². The molecule has 0 bridgehead atoms. The second-order valence-corrected chi connectivity index (χ2v) is 10.2. The fraction of sp³-hybridized carbons (Fsp3) is 0.0370. The molecule has 1 heterocycles. The van der Waals surface area contributed by atoms with Crippen molar-refractivity contribution in [3.05, 3.63) is 111 Å². The summed E-state index contributed by atoms with van der Waals surface area (Å²) in [6, 6.07) is 27.2. The van der Waals surface area contributed by atoms with Crippen molar-refractivity contribution in [2.24, 2.45) is 0 Å². The van der Waals surface area contributed by atoms with E-state index in [2.05, 4.69) is 30.3 Å². The summed E-state index contributed by atoms with van der Waals surface area (Å²) in [5.41, 5.74) is 2.50. The molecule has 0 N–H and O–H groups in total. The lowest BCUT2D eigenvalue weighted by molar-refractivity contribution is -0.113. The average molecular weight is 522 g/mol. The van der Waals surface area contributed by atoms with Gasteiger partial charge < -0.3 is 4.74 Å². The Morgan fingerprint density at radius 2 is 1.68 bits per heavy atom. The third-order valence-electron chi connectivity index (χ3n) is 5.34. The van der Waals surface area contributed by atoms with Crippen LogP contribution in [0.5, 0.6) is 5.75 Å². The van der Waals surface area contributed by atoms with Crippen LogP contribution < -0.4 is 9.64 Å². The number of ether oxygens (including phenoxy) is 1. The minimum Gasteiger partial charge on any atom is -0.489 e. The summed E-state index contributed by atoms with van der Waals surface area (Å²) >= 11 is 18.9. The number of hydrogen-bond donors (Lipinski definition) is 0. The molecule has 0 unspecified atom stereocenters. The number of halogens is 2. The molecule has 4 aromatic rings. The second-order valence-electron chi connectivity index (χ2n) is 7.65. The van der Waals surface area contributed by atoms with Crippen LogP contribution in [0.1, 0.15) is 11.1 Å². The molecule has 7 heteroatoms. The van der Waals surface area contributed by atoms with E-state index in [0.717, 1.165) is 16.9 Å². The molecule has 0 spiro atoms. The van der Waals surface area contributed by atoms with Gasteiger partial charge >= 0.3 is 0 Å². The quantitative estimate of drug-likeness (QED) is 0.196. The number of carbonyl (C=O) groups is 1. The van der Waals surface area contributed by atoms with Gasteiger partial charge in [-0.25, -0.2) is 0 Å². The van der Waals surface area contributed by atoms with E-state index in [1.165, 1.54) is 27.4 Å². The predicted molar refractivity (Wildman–Crippen MR) is 147 cm³/mol. The Balaban J connectivity index is 1.28. The van der Waals surface area contributed by atoms with Crippen LogP contribution in [0, 0.1) is 0 Å². The van der Waals surface area contributed by atoms with Crippen molar-refractivity contribution in [2.45, 2.75) is 6.61 Å². The van der Waals surface area contributed by atoms with Crippen molar-refractivity contribution in [2.75, 3.05) is 4.90 Å². The van der Waals surface area contributed by atoms with Crippen LogP contribution >= 0.6 is 47.2 Å². The molecular weight excluding hydrogens is 505 g/mol. The SMILES string of the molecule is O=C1/C(=C\c2ccc(OCc3ccc4ccccc4c3)cc2)SC(=S)N1c1ccc(Cl)cc1Cl. The van der Waals surface area contributed by atoms with E-state index < -0.39 is 0 Å². The van der Waals surface area contributed by atoms with E-state index in [1.54, 1.807) is 18.2 Å². The maximum Gasteiger partial charge on any atom is 0.270 e. The number of thiocarbonyl (C=S) groups is 1. The molecular formula is C27H17Cl2NO2S2. The molecule has 1 saturated heterocycles. The van der Waals surface area contributed by atoms with Gasteiger partial charge in [-0.15, -0.1) is 0 Å². The van der Waals surface area contributed by atoms with E-state index in [1.807, 2.05) is 42.5 Å². The van der Waals surface area contributed by atoms with Crippen LogP contribution in [0.25, 0.3) is 16.8 Å². The normalized spacial score (nSPS) is 14.9. The first kappa shape index (κ1) is 22.9. The highest BCUT2D eigenvalue weighted by Crippen LogP contribution is 2.39. The molecule has 0 saturated carbocycles. The Morgan fingerprint density at radius 3 is 2.44 bits per heavy atom. The molecule has 0 aromatic heterocycles. The smallest absolute Gasteiger partial charge is 0.270 e. The standard InChI is InChI=1S/C27H17Cl2NO2S2/c28-21-9-12-24(23(29)15-21)30-26(31)25(34-27(30)33)14-17-6-10-22(11-7-17)32-16-18-5-8-19-3-1-2-4-20(19)13-18/h1-15H,16H2/b25-14+. The Bertz CT molecular complexity index is 1450. The number of anilines is 1. The Morgan fingerprint density at radius 1 is 0.912 bits per heavy atom. The van der Waals surface area contributed by atoms with Crippen molar-refractivity contribution in [1.82, 2.24) is 0 Å². The monoisotopic (exact) mass is 521 g/mol. The second kappa shape index (κ2) is 9.80. The van der Waals surface area contributed by atoms with Gasteiger partial charge in [-0.2, -0.15) is 0 Å². The molecule has 1 amide bonds. The maximum atomic E-state index is 13.0. The summed E-state index contributed by atoms with van der Waals surface area (Å²) in [6.45, 7) is 0.477. The number of rotatable bonds is 5. The Labute approximate surface area is 216 Å². The van der Waals surface area contributed by atoms with Gasteiger partial charge in [0.1, 0.15) is 12.4 Å². The molecule has 4 aromatic carbocycles. The van der Waals surface area contributed by atoms with Crippen LogP contribution in [0.3, 0.4) is 0 Å². The number of nitrogens with zero attached hydrogens (tertiary/aromatic N) is 1. The van der Waals surface area contributed by atoms with Crippen LogP contribution in [0.2, 0.25) is 10.0 Å². The Hall–Kier alpha value is -2.83. The third-order valence-corrected chi connectivity index (χ3v) is 7.18. The van der Waals surface area contributed by atoms with Gasteiger partial charge in [0.2, 0.25) is 0 Å². The van der Waals surface area contributed by atoms with Gasteiger partial charge in [0.15, 0.2) is 4.32 Å². The van der Waals surface area contributed by atoms with E-state index in [0.29, 0.717) is 31.6 Å². The summed E-state index contributed by atoms with van der Waals surface area (Å²) in [6.07, 6.45) is 1.82. The number of hydrogen-bond acceptors (Lipinski definition) is 4. The number of amides is 1. The van der Waals surface area contributed by atoms with Crippen LogP contribution in [0.4, 0.5) is 5.69 Å². The summed E-state index contributed by atoms with van der Waals surface area (Å²) in [7, 11) is 0.